The Morgan fingerprint density at radius 3 is 2.53 bits per heavy atom. The van der Waals surface area contributed by atoms with Crippen molar-refractivity contribution in [2.75, 3.05) is 6.54 Å². The van der Waals surface area contributed by atoms with Crippen LogP contribution in [0, 0.1) is 11.8 Å². The van der Waals surface area contributed by atoms with E-state index in [1.54, 1.807) is 0 Å². The molecule has 3 unspecified atom stereocenters. The average molecular weight is 241 g/mol. The minimum absolute atomic E-state index is 0.150. The molecule has 1 fully saturated rings. The lowest BCUT2D eigenvalue weighted by atomic mass is 9.78. The van der Waals surface area contributed by atoms with Crippen LogP contribution in [0.5, 0.6) is 0 Å². The second kappa shape index (κ2) is 5.85. The average Bonchev–Trinajstić information content (AvgIpc) is 2.18. The molecule has 3 atom stereocenters. The summed E-state index contributed by atoms with van der Waals surface area (Å²) in [5.74, 6) is 1.24. The zero-order valence-corrected chi connectivity index (χ0v) is 11.9. The fraction of sp³-hybridized carbons (Fsp3) is 0.929. The number of esters is 1. The first-order chi connectivity index (χ1) is 7.79. The zero-order chi connectivity index (χ0) is 13.1. The van der Waals surface area contributed by atoms with Crippen LogP contribution in [0.1, 0.15) is 53.9 Å². The molecule has 0 radical (unpaired) electrons. The minimum atomic E-state index is -0.385. The molecule has 1 aliphatic rings. The van der Waals surface area contributed by atoms with Gasteiger partial charge in [-0.2, -0.15) is 0 Å². The molecule has 0 aromatic heterocycles. The molecule has 0 amide bonds. The van der Waals surface area contributed by atoms with E-state index < -0.39 is 0 Å². The van der Waals surface area contributed by atoms with Gasteiger partial charge in [-0.3, -0.25) is 4.79 Å². The van der Waals surface area contributed by atoms with E-state index in [1.165, 1.54) is 19.3 Å². The lowest BCUT2D eigenvalue weighted by Crippen LogP contribution is -2.44. The Labute approximate surface area is 105 Å². The summed E-state index contributed by atoms with van der Waals surface area (Å²) in [7, 11) is 0. The first-order valence-electron chi connectivity index (χ1n) is 6.75. The lowest BCUT2D eigenvalue weighted by molar-refractivity contribution is -0.153. The van der Waals surface area contributed by atoms with Gasteiger partial charge in [0.05, 0.1) is 6.54 Å². The Hall–Kier alpha value is -0.570. The second-order valence-electron chi connectivity index (χ2n) is 6.34. The highest BCUT2D eigenvalue weighted by Crippen LogP contribution is 2.29. The van der Waals surface area contributed by atoms with Gasteiger partial charge in [-0.05, 0) is 39.0 Å². The van der Waals surface area contributed by atoms with Crippen molar-refractivity contribution in [2.24, 2.45) is 11.8 Å². The summed E-state index contributed by atoms with van der Waals surface area (Å²) < 4.78 is 5.29. The molecule has 0 spiro atoms. The third-order valence-electron chi connectivity index (χ3n) is 3.64. The molecule has 0 aromatic carbocycles. The summed E-state index contributed by atoms with van der Waals surface area (Å²) in [6, 6.07) is 0.464. The van der Waals surface area contributed by atoms with Crippen molar-refractivity contribution in [2.45, 2.75) is 65.5 Å². The number of hydrogen-bond donors (Lipinski definition) is 1. The summed E-state index contributed by atoms with van der Waals surface area (Å²) >= 11 is 0. The van der Waals surface area contributed by atoms with Gasteiger partial charge in [0.2, 0.25) is 0 Å². The predicted octanol–water partition coefficient (Wildman–Crippen LogP) is 2.74. The Morgan fingerprint density at radius 2 is 1.94 bits per heavy atom. The molecule has 0 saturated heterocycles. The van der Waals surface area contributed by atoms with Crippen LogP contribution in [-0.2, 0) is 9.53 Å². The summed E-state index contributed by atoms with van der Waals surface area (Å²) in [5, 5.41) is 3.35. The molecule has 0 aromatic rings. The smallest absolute Gasteiger partial charge is 0.320 e. The molecule has 1 rings (SSSR count). The third kappa shape index (κ3) is 5.07. The van der Waals surface area contributed by atoms with Crippen LogP contribution in [0.4, 0.5) is 0 Å². The monoisotopic (exact) mass is 241 g/mol. The molecule has 3 nitrogen and oxygen atoms in total. The Morgan fingerprint density at radius 1 is 1.29 bits per heavy atom. The van der Waals surface area contributed by atoms with E-state index in [2.05, 4.69) is 19.2 Å². The summed E-state index contributed by atoms with van der Waals surface area (Å²) in [4.78, 5) is 11.6. The Kier molecular flexibility index (Phi) is 4.99. The fourth-order valence-electron chi connectivity index (χ4n) is 2.46. The number of carbonyl (C=O) groups excluding carboxylic acids is 1. The second-order valence-corrected chi connectivity index (χ2v) is 6.34. The van der Waals surface area contributed by atoms with E-state index in [0.29, 0.717) is 18.5 Å². The first kappa shape index (κ1) is 14.5. The van der Waals surface area contributed by atoms with Gasteiger partial charge in [-0.25, -0.2) is 0 Å². The van der Waals surface area contributed by atoms with Crippen molar-refractivity contribution >= 4 is 5.97 Å². The van der Waals surface area contributed by atoms with Gasteiger partial charge in [-0.1, -0.05) is 26.7 Å². The van der Waals surface area contributed by atoms with Gasteiger partial charge >= 0.3 is 5.97 Å². The normalized spacial score (nSPS) is 30.1. The maximum Gasteiger partial charge on any atom is 0.320 e. The molecule has 3 heteroatoms. The number of hydrogen-bond acceptors (Lipinski definition) is 3. The highest BCUT2D eigenvalue weighted by Gasteiger charge is 2.27. The van der Waals surface area contributed by atoms with Crippen molar-refractivity contribution in [1.82, 2.24) is 5.32 Å². The van der Waals surface area contributed by atoms with Gasteiger partial charge in [0.25, 0.3) is 0 Å². The SMILES string of the molecule is CC1CCCC(NCC(=O)OC(C)(C)C)C1C. The molecule has 1 N–H and O–H groups in total. The molecule has 1 saturated carbocycles. The van der Waals surface area contributed by atoms with Crippen LogP contribution in [0.15, 0.2) is 0 Å². The maximum atomic E-state index is 11.6. The molecule has 0 heterocycles. The molecule has 0 bridgehead atoms. The van der Waals surface area contributed by atoms with Crippen LogP contribution in [0.3, 0.4) is 0 Å². The van der Waals surface area contributed by atoms with Crippen molar-refractivity contribution < 1.29 is 9.53 Å². The topological polar surface area (TPSA) is 38.3 Å². The summed E-state index contributed by atoms with van der Waals surface area (Å²) in [6.45, 7) is 10.6. The standard InChI is InChI=1S/C14H27NO2/c1-10-7-6-8-12(11(10)2)15-9-13(16)17-14(3,4)5/h10-12,15H,6-9H2,1-5H3. The van der Waals surface area contributed by atoms with Gasteiger partial charge in [0.15, 0.2) is 0 Å². The Balaban J connectivity index is 2.32. The number of nitrogens with one attached hydrogen (secondary N) is 1. The highest BCUT2D eigenvalue weighted by molar-refractivity contribution is 5.72. The van der Waals surface area contributed by atoms with Crippen LogP contribution in [0.2, 0.25) is 0 Å². The van der Waals surface area contributed by atoms with Gasteiger partial charge in [0.1, 0.15) is 5.60 Å². The Bertz CT molecular complexity index is 257. The third-order valence-corrected chi connectivity index (χ3v) is 3.64. The molecule has 1 aliphatic carbocycles. The number of rotatable bonds is 3. The van der Waals surface area contributed by atoms with Crippen molar-refractivity contribution in [1.29, 1.82) is 0 Å². The van der Waals surface area contributed by atoms with Crippen molar-refractivity contribution in [3.05, 3.63) is 0 Å². The van der Waals surface area contributed by atoms with Crippen molar-refractivity contribution in [3.8, 4) is 0 Å². The molecular weight excluding hydrogens is 214 g/mol. The fourth-order valence-corrected chi connectivity index (χ4v) is 2.46. The van der Waals surface area contributed by atoms with Gasteiger partial charge < -0.3 is 10.1 Å². The molecule has 0 aliphatic heterocycles. The predicted molar refractivity (Wildman–Crippen MR) is 69.8 cm³/mol. The summed E-state index contributed by atoms with van der Waals surface area (Å²) in [5.41, 5.74) is -0.385. The van der Waals surface area contributed by atoms with E-state index >= 15 is 0 Å². The molecule has 17 heavy (non-hydrogen) atoms. The van der Waals surface area contributed by atoms with Crippen LogP contribution < -0.4 is 5.32 Å². The van der Waals surface area contributed by atoms with E-state index in [1.807, 2.05) is 20.8 Å². The van der Waals surface area contributed by atoms with Gasteiger partial charge in [-0.15, -0.1) is 0 Å². The number of ether oxygens (including phenoxy) is 1. The molecule has 100 valence electrons. The van der Waals surface area contributed by atoms with E-state index in [0.717, 1.165) is 5.92 Å². The molecular formula is C14H27NO2. The summed E-state index contributed by atoms with van der Waals surface area (Å²) in [6.07, 6.45) is 3.75. The zero-order valence-electron chi connectivity index (χ0n) is 11.9. The number of carbonyl (C=O) groups is 1. The quantitative estimate of drug-likeness (QED) is 0.772. The lowest BCUT2D eigenvalue weighted by Gasteiger charge is -2.34. The maximum absolute atomic E-state index is 11.6. The van der Waals surface area contributed by atoms with E-state index in [9.17, 15) is 4.79 Å². The minimum Gasteiger partial charge on any atom is -0.459 e. The van der Waals surface area contributed by atoms with Crippen LogP contribution >= 0.6 is 0 Å². The van der Waals surface area contributed by atoms with Gasteiger partial charge in [0, 0.05) is 6.04 Å². The van der Waals surface area contributed by atoms with E-state index in [4.69, 9.17) is 4.74 Å². The first-order valence-corrected chi connectivity index (χ1v) is 6.75. The highest BCUT2D eigenvalue weighted by atomic mass is 16.6. The van der Waals surface area contributed by atoms with Crippen LogP contribution in [0.25, 0.3) is 0 Å². The largest absolute Gasteiger partial charge is 0.459 e. The van der Waals surface area contributed by atoms with Crippen LogP contribution in [-0.4, -0.2) is 24.2 Å². The van der Waals surface area contributed by atoms with E-state index in [-0.39, 0.29) is 11.6 Å². The van der Waals surface area contributed by atoms with Crippen molar-refractivity contribution in [3.63, 3.8) is 0 Å².